The molecule has 2 aromatic rings. The highest BCUT2D eigenvalue weighted by atomic mass is 32.2. The molecule has 0 saturated carbocycles. The van der Waals surface area contributed by atoms with E-state index >= 15 is 0 Å². The van der Waals surface area contributed by atoms with E-state index in [4.69, 9.17) is 0 Å². The van der Waals surface area contributed by atoms with Crippen molar-refractivity contribution in [3.8, 4) is 0 Å². The van der Waals surface area contributed by atoms with E-state index in [1.54, 1.807) is 36.5 Å². The Labute approximate surface area is 138 Å². The van der Waals surface area contributed by atoms with Crippen molar-refractivity contribution in [1.29, 1.82) is 0 Å². The number of imidazole rings is 1. The molecular formula is C16H24N4O2S. The van der Waals surface area contributed by atoms with Crippen LogP contribution in [0.25, 0.3) is 0 Å². The molecule has 0 aliphatic heterocycles. The fourth-order valence-electron chi connectivity index (χ4n) is 2.60. The highest BCUT2D eigenvalue weighted by Crippen LogP contribution is 2.31. The molecule has 2 heterocycles. The van der Waals surface area contributed by atoms with Gasteiger partial charge >= 0.3 is 0 Å². The Bertz CT molecular complexity index is 738. The molecule has 0 N–H and O–H groups in total. The Morgan fingerprint density at radius 3 is 2.39 bits per heavy atom. The lowest BCUT2D eigenvalue weighted by Gasteiger charge is -2.30. The molecule has 6 nitrogen and oxygen atoms in total. The molecule has 0 saturated heterocycles. The minimum Gasteiger partial charge on any atom is -0.334 e. The third-order valence-electron chi connectivity index (χ3n) is 3.87. The van der Waals surface area contributed by atoms with Crippen LogP contribution in [0.3, 0.4) is 0 Å². The van der Waals surface area contributed by atoms with Gasteiger partial charge in [-0.1, -0.05) is 19.9 Å². The molecule has 2 rings (SSSR count). The normalized spacial score (nSPS) is 13.9. The van der Waals surface area contributed by atoms with Gasteiger partial charge in [0.1, 0.15) is 0 Å². The van der Waals surface area contributed by atoms with Gasteiger partial charge in [-0.2, -0.15) is 4.31 Å². The quantitative estimate of drug-likeness (QED) is 0.813. The first-order chi connectivity index (χ1) is 10.7. The van der Waals surface area contributed by atoms with Crippen LogP contribution in [-0.4, -0.2) is 34.3 Å². The third kappa shape index (κ3) is 3.61. The fraction of sp³-hybridized carbons (Fsp3) is 0.500. The van der Waals surface area contributed by atoms with Crippen LogP contribution in [0.4, 0.5) is 0 Å². The molecule has 0 aliphatic rings. The van der Waals surface area contributed by atoms with E-state index in [2.05, 4.69) is 9.97 Å². The van der Waals surface area contributed by atoms with E-state index in [-0.39, 0.29) is 23.0 Å². The van der Waals surface area contributed by atoms with Crippen molar-refractivity contribution in [2.45, 2.75) is 44.8 Å². The van der Waals surface area contributed by atoms with Gasteiger partial charge in [0.05, 0.1) is 12.4 Å². The van der Waals surface area contributed by atoms with Crippen molar-refractivity contribution >= 4 is 10.0 Å². The number of pyridine rings is 1. The second-order valence-corrected chi connectivity index (χ2v) is 8.19. The van der Waals surface area contributed by atoms with Gasteiger partial charge in [-0.25, -0.2) is 13.4 Å². The lowest BCUT2D eigenvalue weighted by atomic mass is 9.98. The summed E-state index contributed by atoms with van der Waals surface area (Å²) in [6.45, 7) is 7.95. The summed E-state index contributed by atoms with van der Waals surface area (Å²) in [6.07, 6.45) is 6.53. The maximum atomic E-state index is 12.9. The van der Waals surface area contributed by atoms with E-state index in [0.717, 1.165) is 5.56 Å². The molecule has 1 atom stereocenters. The first kappa shape index (κ1) is 17.6. The SMILES string of the molecule is CC(C)C(c1cccnc1)N(C)S(=O)(=O)c1cn(C(C)C)cn1. The molecule has 23 heavy (non-hydrogen) atoms. The number of sulfonamides is 1. The maximum absolute atomic E-state index is 12.9. The standard InChI is InChI=1S/C16H24N4O2S/c1-12(2)16(14-7-6-8-17-9-14)19(5)23(21,22)15-10-20(11-18-15)13(3)4/h6-13,16H,1-5H3. The van der Waals surface area contributed by atoms with Gasteiger partial charge in [0.15, 0.2) is 5.03 Å². The van der Waals surface area contributed by atoms with Crippen LogP contribution in [-0.2, 0) is 10.0 Å². The molecule has 126 valence electrons. The van der Waals surface area contributed by atoms with Crippen molar-refractivity contribution in [3.63, 3.8) is 0 Å². The summed E-state index contributed by atoms with van der Waals surface area (Å²) in [7, 11) is -2.07. The van der Waals surface area contributed by atoms with E-state index in [0.29, 0.717) is 0 Å². The van der Waals surface area contributed by atoms with Crippen molar-refractivity contribution in [3.05, 3.63) is 42.6 Å². The molecule has 0 amide bonds. The number of aromatic nitrogens is 3. The molecule has 0 aliphatic carbocycles. The molecule has 0 aromatic carbocycles. The number of rotatable bonds is 6. The van der Waals surface area contributed by atoms with E-state index in [9.17, 15) is 8.42 Å². The zero-order valence-electron chi connectivity index (χ0n) is 14.2. The van der Waals surface area contributed by atoms with Crippen molar-refractivity contribution in [2.24, 2.45) is 5.92 Å². The van der Waals surface area contributed by atoms with Gasteiger partial charge in [0.25, 0.3) is 10.0 Å². The van der Waals surface area contributed by atoms with Crippen molar-refractivity contribution in [2.75, 3.05) is 7.05 Å². The highest BCUT2D eigenvalue weighted by Gasteiger charge is 2.32. The van der Waals surface area contributed by atoms with Crippen LogP contribution in [0, 0.1) is 5.92 Å². The van der Waals surface area contributed by atoms with E-state index in [1.165, 1.54) is 4.31 Å². The van der Waals surface area contributed by atoms with Crippen LogP contribution in [0.1, 0.15) is 45.3 Å². The predicted octanol–water partition coefficient (Wildman–Crippen LogP) is 2.88. The molecule has 1 unspecified atom stereocenters. The summed E-state index contributed by atoms with van der Waals surface area (Å²) in [6, 6.07) is 3.59. The summed E-state index contributed by atoms with van der Waals surface area (Å²) in [4.78, 5) is 8.19. The van der Waals surface area contributed by atoms with Crippen molar-refractivity contribution in [1.82, 2.24) is 18.8 Å². The lowest BCUT2D eigenvalue weighted by molar-refractivity contribution is 0.299. The number of hydrogen-bond acceptors (Lipinski definition) is 4. The summed E-state index contributed by atoms with van der Waals surface area (Å²) in [5.74, 6) is 0.103. The topological polar surface area (TPSA) is 68.1 Å². The second-order valence-electron chi connectivity index (χ2n) is 6.25. The zero-order chi connectivity index (χ0) is 17.2. The summed E-state index contributed by atoms with van der Waals surface area (Å²) < 4.78 is 29.0. The molecule has 2 aromatic heterocycles. The number of nitrogens with zero attached hydrogens (tertiary/aromatic N) is 4. The van der Waals surface area contributed by atoms with Crippen LogP contribution in [0.5, 0.6) is 0 Å². The lowest BCUT2D eigenvalue weighted by Crippen LogP contribution is -2.34. The maximum Gasteiger partial charge on any atom is 0.262 e. The predicted molar refractivity (Wildman–Crippen MR) is 89.4 cm³/mol. The van der Waals surface area contributed by atoms with E-state index < -0.39 is 10.0 Å². The molecule has 0 spiro atoms. The molecule has 0 fully saturated rings. The minimum absolute atomic E-state index is 0.0724. The minimum atomic E-state index is -3.67. The highest BCUT2D eigenvalue weighted by molar-refractivity contribution is 7.89. The Morgan fingerprint density at radius 2 is 1.91 bits per heavy atom. The van der Waals surface area contributed by atoms with Crippen LogP contribution >= 0.6 is 0 Å². The van der Waals surface area contributed by atoms with Gasteiger partial charge < -0.3 is 4.57 Å². The van der Waals surface area contributed by atoms with Gasteiger partial charge in [0, 0.05) is 31.7 Å². The fourth-order valence-corrected chi connectivity index (χ4v) is 3.99. The summed E-state index contributed by atoms with van der Waals surface area (Å²) >= 11 is 0. The smallest absolute Gasteiger partial charge is 0.262 e. The monoisotopic (exact) mass is 336 g/mol. The Balaban J connectivity index is 2.40. The van der Waals surface area contributed by atoms with Crippen LogP contribution in [0.15, 0.2) is 42.1 Å². The Hall–Kier alpha value is -1.73. The zero-order valence-corrected chi connectivity index (χ0v) is 15.0. The van der Waals surface area contributed by atoms with Crippen molar-refractivity contribution < 1.29 is 8.42 Å². The second kappa shape index (κ2) is 6.80. The van der Waals surface area contributed by atoms with Crippen LogP contribution in [0.2, 0.25) is 0 Å². The average Bonchev–Trinajstić information content (AvgIpc) is 2.99. The molecule has 0 bridgehead atoms. The Kier molecular flexibility index (Phi) is 5.21. The van der Waals surface area contributed by atoms with Gasteiger partial charge in [-0.15, -0.1) is 0 Å². The van der Waals surface area contributed by atoms with E-state index in [1.807, 2.05) is 39.8 Å². The van der Waals surface area contributed by atoms with Gasteiger partial charge in [-0.3, -0.25) is 4.98 Å². The molecule has 0 radical (unpaired) electrons. The molecule has 7 heteroatoms. The first-order valence-electron chi connectivity index (χ1n) is 7.66. The Morgan fingerprint density at radius 1 is 1.22 bits per heavy atom. The molecular weight excluding hydrogens is 312 g/mol. The third-order valence-corrected chi connectivity index (χ3v) is 5.59. The van der Waals surface area contributed by atoms with Gasteiger partial charge in [-0.05, 0) is 31.4 Å². The largest absolute Gasteiger partial charge is 0.334 e. The number of hydrogen-bond donors (Lipinski definition) is 0. The van der Waals surface area contributed by atoms with Gasteiger partial charge in [0.2, 0.25) is 0 Å². The summed E-state index contributed by atoms with van der Waals surface area (Å²) in [5, 5.41) is 0.0724. The average molecular weight is 336 g/mol. The first-order valence-corrected chi connectivity index (χ1v) is 9.10. The summed E-state index contributed by atoms with van der Waals surface area (Å²) in [5.41, 5.74) is 0.872. The van der Waals surface area contributed by atoms with Crippen LogP contribution < -0.4 is 0 Å².